The Bertz CT molecular complexity index is 736. The van der Waals surface area contributed by atoms with Crippen LogP contribution in [0.25, 0.3) is 0 Å². The standard InChI is InChI=1S/C18H18BrNO4/c1-2-23-15(22)16-11-17(19)8-9-18(16,24-17)14(21)20(12-16)10-13-6-4-3-5-7-13/h3-9H,2,10-12H2,1H3/t16-,17+,18+/m1/s1. The van der Waals surface area contributed by atoms with Gasteiger partial charge in [-0.2, -0.15) is 0 Å². The van der Waals surface area contributed by atoms with Crippen molar-refractivity contribution in [1.82, 2.24) is 4.90 Å². The molecule has 0 N–H and O–H groups in total. The second-order valence-corrected chi connectivity index (χ2v) is 7.93. The summed E-state index contributed by atoms with van der Waals surface area (Å²) in [5, 5.41) is 0. The van der Waals surface area contributed by atoms with E-state index in [1.165, 1.54) is 0 Å². The number of rotatable bonds is 4. The second-order valence-electron chi connectivity index (χ2n) is 6.58. The molecule has 6 heteroatoms. The van der Waals surface area contributed by atoms with Crippen LogP contribution in [0.2, 0.25) is 0 Å². The molecule has 0 saturated carbocycles. The molecule has 2 fully saturated rings. The number of benzene rings is 1. The SMILES string of the molecule is CCOC(=O)[C@@]12CN(Cc3ccccc3)C(=O)[C@@]13C=C[C@@](Br)(C2)O3. The van der Waals surface area contributed by atoms with Gasteiger partial charge in [0.1, 0.15) is 9.93 Å². The fraction of sp³-hybridized carbons (Fsp3) is 0.444. The maximum absolute atomic E-state index is 13.1. The third kappa shape index (κ3) is 1.96. The van der Waals surface area contributed by atoms with E-state index in [4.69, 9.17) is 9.47 Å². The highest BCUT2D eigenvalue weighted by atomic mass is 79.9. The zero-order valence-electron chi connectivity index (χ0n) is 13.3. The number of esters is 1. The fourth-order valence-electron chi connectivity index (χ4n) is 4.09. The first-order valence-electron chi connectivity index (χ1n) is 8.05. The summed E-state index contributed by atoms with van der Waals surface area (Å²) in [6.45, 7) is 2.81. The Morgan fingerprint density at radius 2 is 2.08 bits per heavy atom. The lowest BCUT2D eigenvalue weighted by atomic mass is 9.70. The van der Waals surface area contributed by atoms with Gasteiger partial charge in [-0.3, -0.25) is 9.59 Å². The Hall–Kier alpha value is -1.66. The van der Waals surface area contributed by atoms with Crippen LogP contribution >= 0.6 is 15.9 Å². The number of fused-ring (bicyclic) bond motifs is 1. The number of hydrogen-bond donors (Lipinski definition) is 0. The van der Waals surface area contributed by atoms with E-state index in [1.807, 2.05) is 36.4 Å². The number of ether oxygens (including phenoxy) is 2. The number of carbonyl (C=O) groups excluding carboxylic acids is 2. The lowest BCUT2D eigenvalue weighted by Crippen LogP contribution is -2.50. The number of halogens is 1. The molecule has 0 aliphatic carbocycles. The van der Waals surface area contributed by atoms with Crippen LogP contribution in [-0.4, -0.2) is 40.0 Å². The average Bonchev–Trinajstić information content (AvgIpc) is 3.12. The fourth-order valence-corrected chi connectivity index (χ4v) is 4.95. The van der Waals surface area contributed by atoms with Gasteiger partial charge in [-0.05, 0) is 40.6 Å². The number of likely N-dealkylation sites (tertiary alicyclic amines) is 1. The molecule has 0 radical (unpaired) electrons. The molecule has 3 heterocycles. The Kier molecular flexibility index (Phi) is 3.41. The van der Waals surface area contributed by atoms with Crippen molar-refractivity contribution in [1.29, 1.82) is 0 Å². The molecular formula is C18H18BrNO4. The zero-order valence-corrected chi connectivity index (χ0v) is 14.9. The zero-order chi connectivity index (χ0) is 17.0. The summed E-state index contributed by atoms with van der Waals surface area (Å²) >= 11 is 3.52. The molecule has 5 nitrogen and oxygen atoms in total. The number of hydrogen-bond acceptors (Lipinski definition) is 4. The largest absolute Gasteiger partial charge is 0.465 e. The van der Waals surface area contributed by atoms with E-state index in [9.17, 15) is 9.59 Å². The smallest absolute Gasteiger partial charge is 0.317 e. The van der Waals surface area contributed by atoms with Crippen molar-refractivity contribution >= 4 is 27.8 Å². The Labute approximate surface area is 148 Å². The van der Waals surface area contributed by atoms with Gasteiger partial charge in [0.05, 0.1) is 6.61 Å². The van der Waals surface area contributed by atoms with E-state index in [0.717, 1.165) is 5.56 Å². The molecule has 1 spiro atoms. The van der Waals surface area contributed by atoms with E-state index in [2.05, 4.69) is 15.9 Å². The first kappa shape index (κ1) is 15.8. The Morgan fingerprint density at radius 1 is 1.33 bits per heavy atom. The van der Waals surface area contributed by atoms with Gasteiger partial charge < -0.3 is 14.4 Å². The summed E-state index contributed by atoms with van der Waals surface area (Å²) in [4.78, 5) is 27.6. The van der Waals surface area contributed by atoms with E-state index in [-0.39, 0.29) is 18.5 Å². The summed E-state index contributed by atoms with van der Waals surface area (Å²) < 4.78 is 10.6. The van der Waals surface area contributed by atoms with Crippen LogP contribution in [0.15, 0.2) is 42.5 Å². The van der Waals surface area contributed by atoms with Crippen LogP contribution in [0.3, 0.4) is 0 Å². The molecule has 1 aromatic rings. The predicted octanol–water partition coefficient (Wildman–Crippen LogP) is 2.40. The number of carbonyl (C=O) groups is 2. The van der Waals surface area contributed by atoms with Crippen molar-refractivity contribution in [3.8, 4) is 0 Å². The summed E-state index contributed by atoms with van der Waals surface area (Å²) in [5.41, 5.74) is -1.22. The quantitative estimate of drug-likeness (QED) is 0.449. The van der Waals surface area contributed by atoms with Crippen LogP contribution in [-0.2, 0) is 25.6 Å². The van der Waals surface area contributed by atoms with Crippen LogP contribution in [0.1, 0.15) is 18.9 Å². The minimum Gasteiger partial charge on any atom is -0.465 e. The molecular weight excluding hydrogens is 374 g/mol. The first-order chi connectivity index (χ1) is 11.4. The van der Waals surface area contributed by atoms with Crippen LogP contribution < -0.4 is 0 Å². The Morgan fingerprint density at radius 3 is 2.75 bits per heavy atom. The molecule has 1 amide bonds. The number of nitrogens with zero attached hydrogens (tertiary/aromatic N) is 1. The highest BCUT2D eigenvalue weighted by molar-refractivity contribution is 9.10. The van der Waals surface area contributed by atoms with Gasteiger partial charge in [-0.15, -0.1) is 0 Å². The van der Waals surface area contributed by atoms with E-state index in [0.29, 0.717) is 19.5 Å². The van der Waals surface area contributed by atoms with Gasteiger partial charge in [0.15, 0.2) is 5.60 Å². The van der Waals surface area contributed by atoms with Crippen LogP contribution in [0.4, 0.5) is 0 Å². The second kappa shape index (κ2) is 5.17. The van der Waals surface area contributed by atoms with Crippen molar-refractivity contribution in [2.45, 2.75) is 30.0 Å². The average molecular weight is 392 g/mol. The maximum atomic E-state index is 13.1. The number of alkyl halides is 1. The van der Waals surface area contributed by atoms with Gasteiger partial charge in [0.2, 0.25) is 0 Å². The monoisotopic (exact) mass is 391 g/mol. The lowest BCUT2D eigenvalue weighted by Gasteiger charge is -2.31. The van der Waals surface area contributed by atoms with Crippen molar-refractivity contribution in [2.24, 2.45) is 5.41 Å². The summed E-state index contributed by atoms with van der Waals surface area (Å²) in [6, 6.07) is 9.74. The van der Waals surface area contributed by atoms with E-state index < -0.39 is 15.5 Å². The molecule has 0 aromatic heterocycles. The first-order valence-corrected chi connectivity index (χ1v) is 8.84. The van der Waals surface area contributed by atoms with E-state index in [1.54, 1.807) is 17.9 Å². The van der Waals surface area contributed by atoms with Crippen LogP contribution in [0, 0.1) is 5.41 Å². The minimum atomic E-state index is -1.25. The molecule has 1 aromatic carbocycles. The van der Waals surface area contributed by atoms with Gasteiger partial charge in [-0.25, -0.2) is 0 Å². The molecule has 3 atom stereocenters. The summed E-state index contributed by atoms with van der Waals surface area (Å²) in [7, 11) is 0. The molecule has 3 aliphatic heterocycles. The third-order valence-corrected chi connectivity index (χ3v) is 5.81. The molecule has 3 aliphatic rings. The normalized spacial score (nSPS) is 36.2. The molecule has 2 bridgehead atoms. The van der Waals surface area contributed by atoms with Gasteiger partial charge in [-0.1, -0.05) is 30.3 Å². The molecule has 0 unspecified atom stereocenters. The maximum Gasteiger partial charge on any atom is 0.317 e. The van der Waals surface area contributed by atoms with Gasteiger partial charge >= 0.3 is 5.97 Å². The summed E-state index contributed by atoms with van der Waals surface area (Å²) in [6.07, 6.45) is 3.95. The van der Waals surface area contributed by atoms with Gasteiger partial charge in [0.25, 0.3) is 5.91 Å². The number of amides is 1. The van der Waals surface area contributed by atoms with Crippen molar-refractivity contribution in [3.63, 3.8) is 0 Å². The minimum absolute atomic E-state index is 0.172. The third-order valence-electron chi connectivity index (χ3n) is 5.10. The lowest BCUT2D eigenvalue weighted by molar-refractivity contribution is -0.163. The van der Waals surface area contributed by atoms with Crippen molar-refractivity contribution < 1.29 is 19.1 Å². The van der Waals surface area contributed by atoms with Crippen molar-refractivity contribution in [2.75, 3.05) is 13.2 Å². The van der Waals surface area contributed by atoms with E-state index >= 15 is 0 Å². The molecule has 4 rings (SSSR count). The van der Waals surface area contributed by atoms with Gasteiger partial charge in [0, 0.05) is 19.5 Å². The summed E-state index contributed by atoms with van der Waals surface area (Å²) in [5.74, 6) is -0.533. The highest BCUT2D eigenvalue weighted by Crippen LogP contribution is 2.63. The van der Waals surface area contributed by atoms with Crippen LogP contribution in [0.5, 0.6) is 0 Å². The van der Waals surface area contributed by atoms with Crippen molar-refractivity contribution in [3.05, 3.63) is 48.0 Å². The highest BCUT2D eigenvalue weighted by Gasteiger charge is 2.78. The topological polar surface area (TPSA) is 55.8 Å². The molecule has 2 saturated heterocycles. The Balaban J connectivity index is 1.71. The predicted molar refractivity (Wildman–Crippen MR) is 90.2 cm³/mol. The molecule has 126 valence electrons. The molecule has 24 heavy (non-hydrogen) atoms.